The highest BCUT2D eigenvalue weighted by atomic mass is 16.5. The topological polar surface area (TPSA) is 104 Å². The SMILES string of the molecule is COc1ccc(O)c(C2C3=CCC4C(=O)N(C5CCN(Cc6ccccc6)CC5)C(=O)C4C3CC3C(=O)C(c4ccccc4)=CC(=O)C32c2ccccc2)c1. The lowest BCUT2D eigenvalue weighted by Gasteiger charge is -2.55. The number of aromatic hydroxyl groups is 1. The molecule has 8 heteroatoms. The predicted molar refractivity (Wildman–Crippen MR) is 208 cm³/mol. The summed E-state index contributed by atoms with van der Waals surface area (Å²) >= 11 is 0. The molecule has 278 valence electrons. The van der Waals surface area contributed by atoms with Gasteiger partial charge in [-0.1, -0.05) is 103 Å². The summed E-state index contributed by atoms with van der Waals surface area (Å²) in [7, 11) is 1.55. The van der Waals surface area contributed by atoms with E-state index in [1.165, 1.54) is 11.6 Å². The molecule has 9 rings (SSSR count). The molecule has 6 atom stereocenters. The highest BCUT2D eigenvalue weighted by molar-refractivity contribution is 6.31. The van der Waals surface area contributed by atoms with Gasteiger partial charge in [0.1, 0.15) is 11.5 Å². The molecule has 2 saturated heterocycles. The van der Waals surface area contributed by atoms with Crippen LogP contribution in [0.1, 0.15) is 53.9 Å². The number of Topliss-reactive ketones (excluding diaryl/α,β-unsaturated/α-hetero) is 1. The smallest absolute Gasteiger partial charge is 0.233 e. The summed E-state index contributed by atoms with van der Waals surface area (Å²) in [5.74, 6) is -3.66. The van der Waals surface area contributed by atoms with Gasteiger partial charge in [0, 0.05) is 48.6 Å². The number of carbonyl (C=O) groups excluding carboxylic acids is 4. The van der Waals surface area contributed by atoms with Gasteiger partial charge in [0.25, 0.3) is 0 Å². The van der Waals surface area contributed by atoms with Gasteiger partial charge < -0.3 is 9.84 Å². The quantitative estimate of drug-likeness (QED) is 0.163. The first-order valence-electron chi connectivity index (χ1n) is 19.4. The second-order valence-electron chi connectivity index (χ2n) is 15.8. The van der Waals surface area contributed by atoms with Crippen LogP contribution in [0.3, 0.4) is 0 Å². The maximum atomic E-state index is 15.2. The van der Waals surface area contributed by atoms with Crippen molar-refractivity contribution in [3.8, 4) is 11.5 Å². The first kappa shape index (κ1) is 35.1. The minimum absolute atomic E-state index is 0.0284. The van der Waals surface area contributed by atoms with E-state index in [9.17, 15) is 14.7 Å². The molecule has 5 aliphatic rings. The van der Waals surface area contributed by atoms with Gasteiger partial charge in [-0.05, 0) is 72.6 Å². The molecule has 2 aliphatic heterocycles. The van der Waals surface area contributed by atoms with Crippen molar-refractivity contribution in [3.05, 3.63) is 149 Å². The maximum absolute atomic E-state index is 15.2. The zero-order valence-electron chi connectivity index (χ0n) is 30.8. The summed E-state index contributed by atoms with van der Waals surface area (Å²) < 4.78 is 5.65. The van der Waals surface area contributed by atoms with E-state index in [-0.39, 0.29) is 41.6 Å². The molecule has 0 spiro atoms. The van der Waals surface area contributed by atoms with Crippen LogP contribution in [0.25, 0.3) is 5.57 Å². The number of methoxy groups -OCH3 is 1. The lowest BCUT2D eigenvalue weighted by molar-refractivity contribution is -0.144. The van der Waals surface area contributed by atoms with Crippen LogP contribution in [-0.2, 0) is 31.1 Å². The highest BCUT2D eigenvalue weighted by Crippen LogP contribution is 2.64. The fraction of sp³-hybridized carbons (Fsp3) is 0.319. The standard InChI is InChI=1S/C47H44N2O6/c1-55-33-17-20-40(50)38(25-33)43-34-18-19-35-42(46(54)49(45(35)53)32-21-23-48(24-22-32)28-29-11-5-2-6-12-29)37(34)26-39-44(52)36(30-13-7-3-8-14-30)27-41(51)47(39,43)31-15-9-4-10-16-31/h2-18,20,25,27,32,35,37,39,42-43,50H,19,21-24,26,28H2,1H3. The van der Waals surface area contributed by atoms with Gasteiger partial charge in [0.05, 0.1) is 24.4 Å². The number of fused-ring (bicyclic) bond motifs is 4. The number of hydrogen-bond donors (Lipinski definition) is 1. The molecule has 3 aliphatic carbocycles. The Hall–Kier alpha value is -5.60. The fourth-order valence-corrected chi connectivity index (χ4v) is 10.7. The Labute approximate surface area is 321 Å². The molecule has 1 saturated carbocycles. The Morgan fingerprint density at radius 3 is 2.16 bits per heavy atom. The van der Waals surface area contributed by atoms with Gasteiger partial charge in [-0.25, -0.2) is 0 Å². The Bertz CT molecular complexity index is 2230. The summed E-state index contributed by atoms with van der Waals surface area (Å²) in [6, 6.07) is 33.8. The number of allylic oxidation sites excluding steroid dienone is 4. The van der Waals surface area contributed by atoms with E-state index >= 15 is 9.59 Å². The number of imide groups is 1. The number of phenolic OH excluding ortho intramolecular Hbond substituents is 1. The number of nitrogens with zero attached hydrogens (tertiary/aromatic N) is 2. The number of ketones is 2. The first-order valence-corrected chi connectivity index (χ1v) is 19.4. The van der Waals surface area contributed by atoms with Gasteiger partial charge in [0.15, 0.2) is 11.6 Å². The number of rotatable bonds is 7. The van der Waals surface area contributed by atoms with Crippen molar-refractivity contribution in [2.75, 3.05) is 20.2 Å². The Kier molecular flexibility index (Phi) is 8.89. The number of phenols is 1. The van der Waals surface area contributed by atoms with E-state index in [1.807, 2.05) is 84.9 Å². The number of benzene rings is 4. The number of amides is 2. The van der Waals surface area contributed by atoms with Crippen molar-refractivity contribution < 1.29 is 29.0 Å². The van der Waals surface area contributed by atoms with E-state index in [1.54, 1.807) is 30.2 Å². The average molecular weight is 733 g/mol. The van der Waals surface area contributed by atoms with Crippen LogP contribution in [0, 0.1) is 23.7 Å². The van der Waals surface area contributed by atoms with Crippen LogP contribution in [0.15, 0.2) is 127 Å². The van der Waals surface area contributed by atoms with Crippen LogP contribution in [0.4, 0.5) is 0 Å². The maximum Gasteiger partial charge on any atom is 0.233 e. The van der Waals surface area contributed by atoms with E-state index in [0.29, 0.717) is 47.3 Å². The number of piperidine rings is 1. The molecular formula is C47H44N2O6. The van der Waals surface area contributed by atoms with Crippen LogP contribution < -0.4 is 4.74 Å². The summed E-state index contributed by atoms with van der Waals surface area (Å²) in [4.78, 5) is 63.6. The molecule has 55 heavy (non-hydrogen) atoms. The normalized spacial score (nSPS) is 28.2. The predicted octanol–water partition coefficient (Wildman–Crippen LogP) is 6.89. The van der Waals surface area contributed by atoms with Crippen LogP contribution in [-0.4, -0.2) is 64.5 Å². The third-order valence-electron chi connectivity index (χ3n) is 13.1. The molecule has 4 aromatic rings. The monoisotopic (exact) mass is 732 g/mol. The van der Waals surface area contributed by atoms with Crippen molar-refractivity contribution in [2.45, 2.75) is 49.6 Å². The second kappa shape index (κ2) is 13.9. The van der Waals surface area contributed by atoms with Crippen LogP contribution in [0.5, 0.6) is 11.5 Å². The minimum Gasteiger partial charge on any atom is -0.508 e. The molecule has 2 heterocycles. The van der Waals surface area contributed by atoms with Gasteiger partial charge in [-0.15, -0.1) is 0 Å². The van der Waals surface area contributed by atoms with Crippen LogP contribution in [0.2, 0.25) is 0 Å². The fourth-order valence-electron chi connectivity index (χ4n) is 10.7. The van der Waals surface area contributed by atoms with E-state index in [4.69, 9.17) is 4.74 Å². The summed E-state index contributed by atoms with van der Waals surface area (Å²) in [6.45, 7) is 2.39. The molecule has 3 fully saturated rings. The third kappa shape index (κ3) is 5.60. The number of carbonyl (C=O) groups is 4. The number of likely N-dealkylation sites (tertiary alicyclic amines) is 2. The highest BCUT2D eigenvalue weighted by Gasteiger charge is 2.66. The van der Waals surface area contributed by atoms with Gasteiger partial charge >= 0.3 is 0 Å². The Balaban J connectivity index is 1.14. The van der Waals surface area contributed by atoms with Gasteiger partial charge in [-0.2, -0.15) is 0 Å². The van der Waals surface area contributed by atoms with E-state index in [2.05, 4.69) is 17.0 Å². The first-order chi connectivity index (χ1) is 26.8. The molecule has 0 radical (unpaired) electrons. The lowest BCUT2D eigenvalue weighted by atomic mass is 9.44. The second-order valence-corrected chi connectivity index (χ2v) is 15.8. The minimum atomic E-state index is -1.42. The molecular weight excluding hydrogens is 689 g/mol. The van der Waals surface area contributed by atoms with Gasteiger partial charge in [-0.3, -0.25) is 29.0 Å². The number of hydrogen-bond acceptors (Lipinski definition) is 7. The Morgan fingerprint density at radius 2 is 1.47 bits per heavy atom. The zero-order chi connectivity index (χ0) is 37.8. The molecule has 4 aromatic carbocycles. The van der Waals surface area contributed by atoms with Gasteiger partial charge in [0.2, 0.25) is 11.8 Å². The summed E-state index contributed by atoms with van der Waals surface area (Å²) in [6.07, 6.45) is 5.50. The van der Waals surface area contributed by atoms with E-state index in [0.717, 1.165) is 25.2 Å². The van der Waals surface area contributed by atoms with Crippen molar-refractivity contribution >= 4 is 29.0 Å². The summed E-state index contributed by atoms with van der Waals surface area (Å²) in [5, 5.41) is 11.7. The molecule has 2 amide bonds. The van der Waals surface area contributed by atoms with Crippen molar-refractivity contribution in [1.82, 2.24) is 9.80 Å². The Morgan fingerprint density at radius 1 is 0.800 bits per heavy atom. The molecule has 8 nitrogen and oxygen atoms in total. The van der Waals surface area contributed by atoms with Crippen molar-refractivity contribution in [2.24, 2.45) is 23.7 Å². The zero-order valence-corrected chi connectivity index (χ0v) is 30.8. The average Bonchev–Trinajstić information content (AvgIpc) is 3.48. The molecule has 1 N–H and O–H groups in total. The van der Waals surface area contributed by atoms with Crippen LogP contribution >= 0.6 is 0 Å². The third-order valence-corrected chi connectivity index (χ3v) is 13.1. The molecule has 6 unspecified atom stereocenters. The lowest BCUT2D eigenvalue weighted by Crippen LogP contribution is -2.59. The summed E-state index contributed by atoms with van der Waals surface area (Å²) in [5.41, 5.74) is 2.76. The molecule has 0 bridgehead atoms. The largest absolute Gasteiger partial charge is 0.508 e. The van der Waals surface area contributed by atoms with Crippen molar-refractivity contribution in [1.29, 1.82) is 0 Å². The van der Waals surface area contributed by atoms with E-state index < -0.39 is 35.0 Å². The number of ether oxygens (including phenoxy) is 1. The molecule has 0 aromatic heterocycles. The van der Waals surface area contributed by atoms with Crippen molar-refractivity contribution in [3.63, 3.8) is 0 Å².